The molecule has 0 saturated heterocycles. The number of para-hydroxylation sites is 1. The van der Waals surface area contributed by atoms with E-state index in [-0.39, 0.29) is 11.7 Å². The van der Waals surface area contributed by atoms with E-state index in [1.54, 1.807) is 12.1 Å². The predicted octanol–water partition coefficient (Wildman–Crippen LogP) is 3.42. The van der Waals surface area contributed by atoms with E-state index in [0.29, 0.717) is 23.0 Å². The molecule has 0 bridgehead atoms. The number of nitrogens with zero attached hydrogens (tertiary/aromatic N) is 1. The summed E-state index contributed by atoms with van der Waals surface area (Å²) < 4.78 is 14.1. The van der Waals surface area contributed by atoms with Gasteiger partial charge in [0.15, 0.2) is 5.13 Å². The molecule has 1 N–H and O–H groups in total. The van der Waals surface area contributed by atoms with Crippen LogP contribution in [0.5, 0.6) is 0 Å². The molecule has 1 amide bonds. The predicted molar refractivity (Wildman–Crippen MR) is 67.7 cm³/mol. The van der Waals surface area contributed by atoms with Gasteiger partial charge < -0.3 is 5.32 Å². The Morgan fingerprint density at radius 2 is 2.29 bits per heavy atom. The number of thiazole rings is 1. The molecule has 17 heavy (non-hydrogen) atoms. The third kappa shape index (κ3) is 2.79. The summed E-state index contributed by atoms with van der Waals surface area (Å²) in [6, 6.07) is 4.78. The first-order chi connectivity index (χ1) is 8.06. The maximum Gasteiger partial charge on any atom is 0.226 e. The summed E-state index contributed by atoms with van der Waals surface area (Å²) in [7, 11) is 0. The number of aromatic nitrogens is 1. The monoisotopic (exact) mass is 252 g/mol. The summed E-state index contributed by atoms with van der Waals surface area (Å²) in [6.07, 6.45) is 0.443. The van der Waals surface area contributed by atoms with Crippen molar-refractivity contribution < 1.29 is 9.18 Å². The Kier molecular flexibility index (Phi) is 3.38. The largest absolute Gasteiger partial charge is 0.302 e. The van der Waals surface area contributed by atoms with Crippen LogP contribution in [0, 0.1) is 11.7 Å². The number of halogens is 1. The third-order valence-corrected chi connectivity index (χ3v) is 3.15. The van der Waals surface area contributed by atoms with Crippen molar-refractivity contribution in [3.63, 3.8) is 0 Å². The molecule has 1 aromatic carbocycles. The van der Waals surface area contributed by atoms with Crippen LogP contribution in [0.3, 0.4) is 0 Å². The molecule has 0 fully saturated rings. The fourth-order valence-corrected chi connectivity index (χ4v) is 2.41. The van der Waals surface area contributed by atoms with Crippen LogP contribution in [0.25, 0.3) is 10.2 Å². The average Bonchev–Trinajstić information content (AvgIpc) is 2.60. The lowest BCUT2D eigenvalue weighted by Crippen LogP contribution is -2.13. The Bertz CT molecular complexity index is 550. The number of amides is 1. The van der Waals surface area contributed by atoms with Crippen LogP contribution in [0.4, 0.5) is 9.52 Å². The van der Waals surface area contributed by atoms with Crippen molar-refractivity contribution in [3.05, 3.63) is 24.0 Å². The quantitative estimate of drug-likeness (QED) is 0.909. The molecule has 0 atom stereocenters. The molecular formula is C12H13FN2OS. The maximum absolute atomic E-state index is 13.4. The molecule has 0 aliphatic heterocycles. The molecule has 5 heteroatoms. The Hall–Kier alpha value is -1.49. The highest BCUT2D eigenvalue weighted by atomic mass is 32.1. The molecule has 0 aliphatic rings. The first-order valence-corrected chi connectivity index (χ1v) is 6.23. The number of hydrogen-bond donors (Lipinski definition) is 1. The number of carbonyl (C=O) groups excluding carboxylic acids is 1. The van der Waals surface area contributed by atoms with Crippen molar-refractivity contribution in [1.29, 1.82) is 0 Å². The lowest BCUT2D eigenvalue weighted by molar-refractivity contribution is -0.116. The van der Waals surface area contributed by atoms with Gasteiger partial charge in [-0.3, -0.25) is 4.79 Å². The van der Waals surface area contributed by atoms with E-state index in [0.717, 1.165) is 4.70 Å². The topological polar surface area (TPSA) is 42.0 Å². The minimum Gasteiger partial charge on any atom is -0.302 e. The summed E-state index contributed by atoms with van der Waals surface area (Å²) in [5.74, 6) is -0.149. The van der Waals surface area contributed by atoms with Crippen molar-refractivity contribution in [1.82, 2.24) is 4.98 Å². The second-order valence-corrected chi connectivity index (χ2v) is 5.28. The summed E-state index contributed by atoms with van der Waals surface area (Å²) in [6.45, 7) is 3.94. The molecule has 2 rings (SSSR count). The lowest BCUT2D eigenvalue weighted by Gasteiger charge is -2.03. The second-order valence-electron chi connectivity index (χ2n) is 4.25. The highest BCUT2D eigenvalue weighted by Gasteiger charge is 2.11. The third-order valence-electron chi connectivity index (χ3n) is 2.21. The van der Waals surface area contributed by atoms with Gasteiger partial charge in [-0.25, -0.2) is 9.37 Å². The molecule has 0 aliphatic carbocycles. The highest BCUT2D eigenvalue weighted by Crippen LogP contribution is 2.27. The number of fused-ring (bicyclic) bond motifs is 1. The van der Waals surface area contributed by atoms with Crippen LogP contribution in [0.15, 0.2) is 18.2 Å². The first-order valence-electron chi connectivity index (χ1n) is 5.41. The van der Waals surface area contributed by atoms with Crippen LogP contribution < -0.4 is 5.32 Å². The van der Waals surface area contributed by atoms with Crippen LogP contribution >= 0.6 is 11.3 Å². The minimum atomic E-state index is -0.358. The summed E-state index contributed by atoms with van der Waals surface area (Å²) >= 11 is 1.28. The molecule has 3 nitrogen and oxygen atoms in total. The van der Waals surface area contributed by atoms with Gasteiger partial charge in [0.25, 0.3) is 0 Å². The van der Waals surface area contributed by atoms with Gasteiger partial charge in [0.05, 0.1) is 4.70 Å². The zero-order valence-corrected chi connectivity index (χ0v) is 10.5. The van der Waals surface area contributed by atoms with E-state index in [1.807, 2.05) is 13.8 Å². The fourth-order valence-electron chi connectivity index (χ4n) is 1.51. The van der Waals surface area contributed by atoms with Crippen molar-refractivity contribution in [2.45, 2.75) is 20.3 Å². The zero-order chi connectivity index (χ0) is 12.4. The number of nitrogens with one attached hydrogen (secondary N) is 1. The molecule has 1 aromatic heterocycles. The summed E-state index contributed by atoms with van der Waals surface area (Å²) in [5, 5.41) is 3.15. The van der Waals surface area contributed by atoms with Crippen LogP contribution in [0.1, 0.15) is 20.3 Å². The van der Waals surface area contributed by atoms with E-state index >= 15 is 0 Å². The van der Waals surface area contributed by atoms with E-state index in [4.69, 9.17) is 0 Å². The van der Waals surface area contributed by atoms with Crippen molar-refractivity contribution in [2.24, 2.45) is 5.92 Å². The van der Waals surface area contributed by atoms with Crippen LogP contribution in [-0.2, 0) is 4.79 Å². The van der Waals surface area contributed by atoms with Gasteiger partial charge in [-0.05, 0) is 18.1 Å². The van der Waals surface area contributed by atoms with Crippen molar-refractivity contribution in [2.75, 3.05) is 5.32 Å². The molecule has 0 unspecified atom stereocenters. The normalized spacial score (nSPS) is 11.1. The number of carbonyl (C=O) groups is 1. The van der Waals surface area contributed by atoms with E-state index in [1.165, 1.54) is 17.4 Å². The smallest absolute Gasteiger partial charge is 0.226 e. The van der Waals surface area contributed by atoms with Gasteiger partial charge in [-0.15, -0.1) is 0 Å². The van der Waals surface area contributed by atoms with Gasteiger partial charge in [-0.2, -0.15) is 0 Å². The van der Waals surface area contributed by atoms with Gasteiger partial charge in [0.2, 0.25) is 5.91 Å². The Morgan fingerprint density at radius 3 is 2.94 bits per heavy atom. The fraction of sp³-hybridized carbons (Fsp3) is 0.333. The average molecular weight is 252 g/mol. The Labute approximate surface area is 103 Å². The molecule has 90 valence electrons. The Balaban J connectivity index is 2.20. The van der Waals surface area contributed by atoms with Gasteiger partial charge >= 0.3 is 0 Å². The molecule has 0 spiro atoms. The minimum absolute atomic E-state index is 0.0838. The number of anilines is 1. The standard InChI is InChI=1S/C12H13FN2OS/c1-7(2)6-10(16)14-12-15-11-8(13)4-3-5-9(11)17-12/h3-5,7H,6H2,1-2H3,(H,14,15,16). The van der Waals surface area contributed by atoms with Gasteiger partial charge in [0.1, 0.15) is 11.3 Å². The molecule has 1 heterocycles. The van der Waals surface area contributed by atoms with Gasteiger partial charge in [0, 0.05) is 6.42 Å². The molecular weight excluding hydrogens is 239 g/mol. The van der Waals surface area contributed by atoms with E-state index in [2.05, 4.69) is 10.3 Å². The molecule has 2 aromatic rings. The maximum atomic E-state index is 13.4. The first kappa shape index (κ1) is 12.0. The molecule has 0 radical (unpaired) electrons. The van der Waals surface area contributed by atoms with Crippen molar-refractivity contribution >= 4 is 32.6 Å². The van der Waals surface area contributed by atoms with Crippen LogP contribution in [-0.4, -0.2) is 10.9 Å². The van der Waals surface area contributed by atoms with E-state index < -0.39 is 0 Å². The summed E-state index contributed by atoms with van der Waals surface area (Å²) in [4.78, 5) is 15.6. The highest BCUT2D eigenvalue weighted by molar-refractivity contribution is 7.22. The second kappa shape index (κ2) is 4.79. The number of rotatable bonds is 3. The number of benzene rings is 1. The van der Waals surface area contributed by atoms with Crippen LogP contribution in [0.2, 0.25) is 0 Å². The zero-order valence-electron chi connectivity index (χ0n) is 9.66. The van der Waals surface area contributed by atoms with Gasteiger partial charge in [-0.1, -0.05) is 31.3 Å². The Morgan fingerprint density at radius 1 is 1.53 bits per heavy atom. The van der Waals surface area contributed by atoms with Crippen molar-refractivity contribution in [3.8, 4) is 0 Å². The number of hydrogen-bond acceptors (Lipinski definition) is 3. The molecule has 0 saturated carbocycles. The summed E-state index contributed by atoms with van der Waals surface area (Å²) in [5.41, 5.74) is 0.317. The lowest BCUT2D eigenvalue weighted by atomic mass is 10.1. The SMILES string of the molecule is CC(C)CC(=O)Nc1nc2c(F)cccc2s1. The van der Waals surface area contributed by atoms with E-state index in [9.17, 15) is 9.18 Å².